The number of thioether (sulfide) groups is 1. The lowest BCUT2D eigenvalue weighted by Gasteiger charge is -2.02. The number of nitrogens with two attached hydrogens (primary N) is 1. The van der Waals surface area contributed by atoms with E-state index < -0.39 is 0 Å². The van der Waals surface area contributed by atoms with E-state index in [0.717, 1.165) is 28.5 Å². The highest BCUT2D eigenvalue weighted by Crippen LogP contribution is 2.31. The fourth-order valence-electron chi connectivity index (χ4n) is 2.12. The topological polar surface area (TPSA) is 101 Å². The van der Waals surface area contributed by atoms with Crippen molar-refractivity contribution < 1.29 is 4.79 Å². The van der Waals surface area contributed by atoms with Crippen molar-refractivity contribution in [2.24, 2.45) is 5.84 Å². The van der Waals surface area contributed by atoms with E-state index in [2.05, 4.69) is 9.97 Å². The Hall–Kier alpha value is -2.16. The summed E-state index contributed by atoms with van der Waals surface area (Å²) in [4.78, 5) is 31.4. The van der Waals surface area contributed by atoms with Gasteiger partial charge in [0.05, 0.1) is 11.1 Å². The molecule has 0 aliphatic rings. The van der Waals surface area contributed by atoms with Crippen molar-refractivity contribution in [1.29, 1.82) is 0 Å². The molecule has 0 saturated carbocycles. The second-order valence-corrected chi connectivity index (χ2v) is 6.74. The molecule has 0 aliphatic carbocycles. The van der Waals surface area contributed by atoms with Gasteiger partial charge >= 0.3 is 0 Å². The number of aryl methyl sites for hydroxylation is 1. The van der Waals surface area contributed by atoms with Crippen LogP contribution in [0.25, 0.3) is 21.3 Å². The molecular formula is C15H14N4O2S2. The monoisotopic (exact) mass is 346 g/mol. The zero-order valence-corrected chi connectivity index (χ0v) is 13.9. The largest absolute Gasteiger partial charge is 0.301 e. The SMILES string of the molecule is Cc1ccc(-c2csc3nc(SCC(=O)NN)[nH]c(=O)c23)cc1. The number of fused-ring (bicyclic) bond motifs is 1. The van der Waals surface area contributed by atoms with E-state index in [0.29, 0.717) is 15.4 Å². The average molecular weight is 346 g/mol. The molecular weight excluding hydrogens is 332 g/mol. The van der Waals surface area contributed by atoms with E-state index in [1.807, 2.05) is 42.0 Å². The molecule has 2 aromatic heterocycles. The minimum atomic E-state index is -0.329. The number of hydrogen-bond donors (Lipinski definition) is 3. The lowest BCUT2D eigenvalue weighted by atomic mass is 10.1. The third kappa shape index (κ3) is 3.29. The second-order valence-electron chi connectivity index (χ2n) is 4.92. The van der Waals surface area contributed by atoms with Crippen molar-refractivity contribution in [1.82, 2.24) is 15.4 Å². The third-order valence-electron chi connectivity index (χ3n) is 3.29. The molecule has 4 N–H and O–H groups in total. The quantitative estimate of drug-likeness (QED) is 0.221. The van der Waals surface area contributed by atoms with E-state index >= 15 is 0 Å². The Balaban J connectivity index is 1.99. The number of H-pyrrole nitrogens is 1. The third-order valence-corrected chi connectivity index (χ3v) is 5.03. The Morgan fingerprint density at radius 1 is 1.39 bits per heavy atom. The summed E-state index contributed by atoms with van der Waals surface area (Å²) in [6, 6.07) is 8.00. The first-order chi connectivity index (χ1) is 11.1. The van der Waals surface area contributed by atoms with Crippen LogP contribution in [0, 0.1) is 6.92 Å². The smallest absolute Gasteiger partial charge is 0.260 e. The zero-order valence-electron chi connectivity index (χ0n) is 12.3. The number of amides is 1. The molecule has 8 heteroatoms. The average Bonchev–Trinajstić information content (AvgIpc) is 2.98. The van der Waals surface area contributed by atoms with Crippen molar-refractivity contribution in [2.75, 3.05) is 5.75 Å². The van der Waals surface area contributed by atoms with Crippen LogP contribution in [-0.2, 0) is 4.79 Å². The van der Waals surface area contributed by atoms with Gasteiger partial charge < -0.3 is 4.98 Å². The molecule has 0 bridgehead atoms. The Morgan fingerprint density at radius 2 is 2.13 bits per heavy atom. The van der Waals surface area contributed by atoms with Gasteiger partial charge in [-0.25, -0.2) is 10.8 Å². The van der Waals surface area contributed by atoms with Crippen LogP contribution in [0.15, 0.2) is 39.6 Å². The number of thiophene rings is 1. The van der Waals surface area contributed by atoms with Crippen molar-refractivity contribution in [3.63, 3.8) is 0 Å². The van der Waals surface area contributed by atoms with Crippen LogP contribution in [0.5, 0.6) is 0 Å². The molecule has 0 saturated heterocycles. The Labute approximate surface area is 140 Å². The summed E-state index contributed by atoms with van der Waals surface area (Å²) >= 11 is 2.55. The van der Waals surface area contributed by atoms with Crippen molar-refractivity contribution in [3.8, 4) is 11.1 Å². The number of aromatic nitrogens is 2. The predicted octanol–water partition coefficient (Wildman–Crippen LogP) is 2.04. The van der Waals surface area contributed by atoms with E-state index in [1.54, 1.807) is 0 Å². The number of hydrazine groups is 1. The van der Waals surface area contributed by atoms with Crippen molar-refractivity contribution in [3.05, 3.63) is 45.6 Å². The van der Waals surface area contributed by atoms with Gasteiger partial charge in [0, 0.05) is 10.9 Å². The molecule has 2 heterocycles. The highest BCUT2D eigenvalue weighted by molar-refractivity contribution is 7.99. The summed E-state index contributed by atoms with van der Waals surface area (Å²) in [7, 11) is 0. The van der Waals surface area contributed by atoms with E-state index in [9.17, 15) is 9.59 Å². The number of nitrogens with zero attached hydrogens (tertiary/aromatic N) is 1. The van der Waals surface area contributed by atoms with Crippen molar-refractivity contribution >= 4 is 39.2 Å². The molecule has 0 radical (unpaired) electrons. The highest BCUT2D eigenvalue weighted by atomic mass is 32.2. The van der Waals surface area contributed by atoms with Crippen LogP contribution >= 0.6 is 23.1 Å². The van der Waals surface area contributed by atoms with Gasteiger partial charge in [0.1, 0.15) is 4.83 Å². The van der Waals surface area contributed by atoms with E-state index in [1.165, 1.54) is 11.3 Å². The summed E-state index contributed by atoms with van der Waals surface area (Å²) in [5.74, 6) is 4.80. The standard InChI is InChI=1S/C15H14N4O2S2/c1-8-2-4-9(5-3-8)10-6-22-14-12(10)13(21)17-15(18-14)23-7-11(20)19-16/h2-6H,7,16H2,1H3,(H,19,20)(H,17,18,21). The number of nitrogens with one attached hydrogen (secondary N) is 2. The highest BCUT2D eigenvalue weighted by Gasteiger charge is 2.13. The Bertz CT molecular complexity index is 915. The maximum absolute atomic E-state index is 12.4. The normalized spacial score (nSPS) is 10.9. The van der Waals surface area contributed by atoms with E-state index in [4.69, 9.17) is 5.84 Å². The molecule has 23 heavy (non-hydrogen) atoms. The zero-order chi connectivity index (χ0) is 16.4. The second kappa shape index (κ2) is 6.53. The molecule has 0 aliphatic heterocycles. The fraction of sp³-hybridized carbons (Fsp3) is 0.133. The molecule has 0 atom stereocenters. The van der Waals surface area contributed by atoms with Crippen LogP contribution in [0.3, 0.4) is 0 Å². The van der Waals surface area contributed by atoms with Crippen LogP contribution in [-0.4, -0.2) is 21.6 Å². The van der Waals surface area contributed by atoms with Gasteiger partial charge in [0.2, 0.25) is 5.91 Å². The van der Waals surface area contributed by atoms with Gasteiger partial charge in [-0.3, -0.25) is 15.0 Å². The number of aromatic amines is 1. The summed E-state index contributed by atoms with van der Waals surface area (Å²) in [6.45, 7) is 2.02. The maximum Gasteiger partial charge on any atom is 0.260 e. The number of benzene rings is 1. The number of carbonyl (C=O) groups excluding carboxylic acids is 1. The van der Waals surface area contributed by atoms with Gasteiger partial charge in [-0.1, -0.05) is 41.6 Å². The maximum atomic E-state index is 12.4. The summed E-state index contributed by atoms with van der Waals surface area (Å²) in [6.07, 6.45) is 0. The summed E-state index contributed by atoms with van der Waals surface area (Å²) in [5.41, 5.74) is 4.85. The fourth-order valence-corrected chi connectivity index (χ4v) is 3.80. The molecule has 0 fully saturated rings. The molecule has 1 aromatic carbocycles. The van der Waals surface area contributed by atoms with Gasteiger partial charge in [0.15, 0.2) is 5.16 Å². The van der Waals surface area contributed by atoms with Crippen LogP contribution in [0.4, 0.5) is 0 Å². The number of rotatable bonds is 4. The minimum absolute atomic E-state index is 0.0984. The molecule has 3 rings (SSSR count). The summed E-state index contributed by atoms with van der Waals surface area (Å²) in [5, 5.41) is 2.91. The first-order valence-electron chi connectivity index (χ1n) is 6.79. The Morgan fingerprint density at radius 3 is 2.83 bits per heavy atom. The predicted molar refractivity (Wildman–Crippen MR) is 93.5 cm³/mol. The lowest BCUT2D eigenvalue weighted by Crippen LogP contribution is -2.31. The van der Waals surface area contributed by atoms with Crippen LogP contribution < -0.4 is 16.8 Å². The van der Waals surface area contributed by atoms with E-state index in [-0.39, 0.29) is 17.2 Å². The van der Waals surface area contributed by atoms with Gasteiger partial charge in [-0.05, 0) is 12.5 Å². The molecule has 1 amide bonds. The first kappa shape index (κ1) is 15.7. The number of hydrogen-bond acceptors (Lipinski definition) is 6. The number of carbonyl (C=O) groups is 1. The first-order valence-corrected chi connectivity index (χ1v) is 8.66. The van der Waals surface area contributed by atoms with Gasteiger partial charge in [-0.15, -0.1) is 11.3 Å². The molecule has 0 spiro atoms. The Kier molecular flexibility index (Phi) is 4.46. The lowest BCUT2D eigenvalue weighted by molar-refractivity contribution is -0.118. The van der Waals surface area contributed by atoms with Gasteiger partial charge in [-0.2, -0.15) is 0 Å². The van der Waals surface area contributed by atoms with Crippen LogP contribution in [0.1, 0.15) is 5.56 Å². The molecule has 118 valence electrons. The molecule has 6 nitrogen and oxygen atoms in total. The van der Waals surface area contributed by atoms with Crippen molar-refractivity contribution in [2.45, 2.75) is 12.1 Å². The van der Waals surface area contributed by atoms with Crippen LogP contribution in [0.2, 0.25) is 0 Å². The molecule has 0 unspecified atom stereocenters. The summed E-state index contributed by atoms with van der Waals surface area (Å²) < 4.78 is 0. The minimum Gasteiger partial charge on any atom is -0.301 e. The van der Waals surface area contributed by atoms with Gasteiger partial charge in [0.25, 0.3) is 5.56 Å². The molecule has 3 aromatic rings.